The molecule has 0 aliphatic rings. The Morgan fingerprint density at radius 2 is 2.22 bits per heavy atom. The van der Waals surface area contributed by atoms with Crippen LogP contribution in [-0.2, 0) is 0 Å². The van der Waals surface area contributed by atoms with Crippen molar-refractivity contribution in [1.82, 2.24) is 15.1 Å². The molecular weight excluding hydrogens is 296 g/mol. The molecule has 0 fully saturated rings. The van der Waals surface area contributed by atoms with Crippen LogP contribution in [0.15, 0.2) is 27.3 Å². The molecule has 2 heterocycles. The Morgan fingerprint density at radius 3 is 2.83 bits per heavy atom. The molecule has 96 valence electrons. The zero-order valence-corrected chi connectivity index (χ0v) is 11.9. The molecule has 0 saturated heterocycles. The van der Waals surface area contributed by atoms with Gasteiger partial charge in [-0.15, -0.1) is 0 Å². The van der Waals surface area contributed by atoms with Gasteiger partial charge in [0.2, 0.25) is 11.7 Å². The maximum atomic E-state index is 5.73. The summed E-state index contributed by atoms with van der Waals surface area (Å²) in [4.78, 5) is 8.61. The second kappa shape index (κ2) is 5.58. The maximum Gasteiger partial charge on any atom is 0.231 e. The van der Waals surface area contributed by atoms with Gasteiger partial charge < -0.3 is 10.3 Å². The van der Waals surface area contributed by atoms with Gasteiger partial charge in [-0.05, 0) is 34.0 Å². The SMILES string of the molecule is CC(C)C(CN)c1nc(-c2ncccc2Br)no1. The average Bonchev–Trinajstić information content (AvgIpc) is 2.79. The van der Waals surface area contributed by atoms with E-state index in [1.165, 1.54) is 0 Å². The molecule has 2 aromatic heterocycles. The largest absolute Gasteiger partial charge is 0.339 e. The van der Waals surface area contributed by atoms with Crippen LogP contribution >= 0.6 is 15.9 Å². The Hall–Kier alpha value is -1.27. The van der Waals surface area contributed by atoms with Crippen LogP contribution in [-0.4, -0.2) is 21.7 Å². The lowest BCUT2D eigenvalue weighted by atomic mass is 9.96. The highest BCUT2D eigenvalue weighted by Crippen LogP contribution is 2.26. The van der Waals surface area contributed by atoms with Crippen LogP contribution in [0.1, 0.15) is 25.7 Å². The van der Waals surface area contributed by atoms with Gasteiger partial charge in [0.15, 0.2) is 0 Å². The molecule has 0 aliphatic heterocycles. The van der Waals surface area contributed by atoms with Gasteiger partial charge in [0.25, 0.3) is 0 Å². The third kappa shape index (κ3) is 2.59. The number of hydrogen-bond acceptors (Lipinski definition) is 5. The number of aromatic nitrogens is 3. The molecule has 0 bridgehead atoms. The van der Waals surface area contributed by atoms with Crippen LogP contribution in [0.5, 0.6) is 0 Å². The predicted molar refractivity (Wildman–Crippen MR) is 71.9 cm³/mol. The fourth-order valence-electron chi connectivity index (χ4n) is 1.69. The smallest absolute Gasteiger partial charge is 0.231 e. The maximum absolute atomic E-state index is 5.73. The molecule has 6 heteroatoms. The molecule has 2 rings (SSSR count). The van der Waals surface area contributed by atoms with Crippen molar-refractivity contribution in [2.24, 2.45) is 11.7 Å². The Morgan fingerprint density at radius 1 is 1.44 bits per heavy atom. The monoisotopic (exact) mass is 310 g/mol. The number of nitrogens with two attached hydrogens (primary N) is 1. The predicted octanol–water partition coefficient (Wildman–Crippen LogP) is 2.59. The molecule has 0 radical (unpaired) electrons. The van der Waals surface area contributed by atoms with Crippen LogP contribution < -0.4 is 5.73 Å². The molecule has 5 nitrogen and oxygen atoms in total. The first kappa shape index (κ1) is 13.2. The lowest BCUT2D eigenvalue weighted by Gasteiger charge is -2.13. The quantitative estimate of drug-likeness (QED) is 0.939. The van der Waals surface area contributed by atoms with E-state index in [1.807, 2.05) is 12.1 Å². The third-order valence-corrected chi connectivity index (χ3v) is 3.43. The first-order valence-corrected chi connectivity index (χ1v) is 6.57. The van der Waals surface area contributed by atoms with E-state index < -0.39 is 0 Å². The highest BCUT2D eigenvalue weighted by atomic mass is 79.9. The molecule has 0 spiro atoms. The van der Waals surface area contributed by atoms with Crippen molar-refractivity contribution in [2.75, 3.05) is 6.54 Å². The van der Waals surface area contributed by atoms with Gasteiger partial charge >= 0.3 is 0 Å². The molecule has 2 aromatic rings. The fourth-order valence-corrected chi connectivity index (χ4v) is 2.12. The summed E-state index contributed by atoms with van der Waals surface area (Å²) in [5, 5.41) is 3.96. The van der Waals surface area contributed by atoms with E-state index in [-0.39, 0.29) is 5.92 Å². The fraction of sp³-hybridized carbons (Fsp3) is 0.417. The van der Waals surface area contributed by atoms with E-state index in [1.54, 1.807) is 6.20 Å². The van der Waals surface area contributed by atoms with E-state index in [0.717, 1.165) is 4.47 Å². The van der Waals surface area contributed by atoms with Gasteiger partial charge in [0.05, 0.1) is 5.92 Å². The Bertz CT molecular complexity index is 526. The summed E-state index contributed by atoms with van der Waals surface area (Å²) in [6.45, 7) is 4.65. The standard InChI is InChI=1S/C12H15BrN4O/c1-7(2)8(6-14)12-16-11(17-18-12)10-9(13)4-3-5-15-10/h3-5,7-8H,6,14H2,1-2H3. The van der Waals surface area contributed by atoms with Crippen molar-refractivity contribution in [3.05, 3.63) is 28.7 Å². The molecule has 0 aliphatic carbocycles. The van der Waals surface area contributed by atoms with E-state index in [0.29, 0.717) is 29.9 Å². The van der Waals surface area contributed by atoms with Crippen molar-refractivity contribution < 1.29 is 4.52 Å². The lowest BCUT2D eigenvalue weighted by Crippen LogP contribution is -2.18. The molecule has 1 unspecified atom stereocenters. The Kier molecular flexibility index (Phi) is 4.08. The van der Waals surface area contributed by atoms with Crippen LogP contribution in [0.4, 0.5) is 0 Å². The molecule has 2 N–H and O–H groups in total. The van der Waals surface area contributed by atoms with E-state index in [4.69, 9.17) is 10.3 Å². The zero-order chi connectivity index (χ0) is 13.1. The normalized spacial score (nSPS) is 12.9. The van der Waals surface area contributed by atoms with Gasteiger partial charge in [-0.3, -0.25) is 4.98 Å². The number of pyridine rings is 1. The lowest BCUT2D eigenvalue weighted by molar-refractivity contribution is 0.324. The minimum absolute atomic E-state index is 0.0775. The molecule has 0 aromatic carbocycles. The van der Waals surface area contributed by atoms with Crippen LogP contribution in [0.2, 0.25) is 0 Å². The summed E-state index contributed by atoms with van der Waals surface area (Å²) >= 11 is 3.42. The third-order valence-electron chi connectivity index (χ3n) is 2.79. The van der Waals surface area contributed by atoms with E-state index in [9.17, 15) is 0 Å². The van der Waals surface area contributed by atoms with Gasteiger partial charge in [-0.1, -0.05) is 19.0 Å². The van der Waals surface area contributed by atoms with E-state index >= 15 is 0 Å². The van der Waals surface area contributed by atoms with Crippen molar-refractivity contribution >= 4 is 15.9 Å². The zero-order valence-electron chi connectivity index (χ0n) is 10.3. The highest BCUT2D eigenvalue weighted by molar-refractivity contribution is 9.10. The van der Waals surface area contributed by atoms with Crippen LogP contribution in [0.25, 0.3) is 11.5 Å². The van der Waals surface area contributed by atoms with E-state index in [2.05, 4.69) is 44.9 Å². The van der Waals surface area contributed by atoms with Crippen LogP contribution in [0, 0.1) is 5.92 Å². The summed E-state index contributed by atoms with van der Waals surface area (Å²) in [6, 6.07) is 3.73. The molecule has 1 atom stereocenters. The minimum atomic E-state index is 0.0775. The highest BCUT2D eigenvalue weighted by Gasteiger charge is 2.22. The van der Waals surface area contributed by atoms with Gasteiger partial charge in [0.1, 0.15) is 5.69 Å². The van der Waals surface area contributed by atoms with Crippen molar-refractivity contribution in [3.8, 4) is 11.5 Å². The second-order valence-corrected chi connectivity index (χ2v) is 5.23. The van der Waals surface area contributed by atoms with Gasteiger partial charge in [-0.25, -0.2) is 0 Å². The molecular formula is C12H15BrN4O. The first-order valence-electron chi connectivity index (χ1n) is 5.78. The average molecular weight is 311 g/mol. The summed E-state index contributed by atoms with van der Waals surface area (Å²) in [5.74, 6) is 1.49. The number of rotatable bonds is 4. The number of hydrogen-bond donors (Lipinski definition) is 1. The van der Waals surface area contributed by atoms with Gasteiger partial charge in [0, 0.05) is 17.2 Å². The van der Waals surface area contributed by atoms with Gasteiger partial charge in [-0.2, -0.15) is 4.98 Å². The number of nitrogens with zero attached hydrogens (tertiary/aromatic N) is 3. The second-order valence-electron chi connectivity index (χ2n) is 4.38. The summed E-state index contributed by atoms with van der Waals surface area (Å²) in [5.41, 5.74) is 6.40. The summed E-state index contributed by atoms with van der Waals surface area (Å²) in [7, 11) is 0. The Balaban J connectivity index is 2.34. The molecule has 0 saturated carbocycles. The first-order chi connectivity index (χ1) is 8.63. The minimum Gasteiger partial charge on any atom is -0.339 e. The van der Waals surface area contributed by atoms with Crippen molar-refractivity contribution in [3.63, 3.8) is 0 Å². The molecule has 0 amide bonds. The Labute approximate surface area is 114 Å². The van der Waals surface area contributed by atoms with Crippen molar-refractivity contribution in [1.29, 1.82) is 0 Å². The topological polar surface area (TPSA) is 77.8 Å². The summed E-state index contributed by atoms with van der Waals surface area (Å²) in [6.07, 6.45) is 1.69. The number of halogens is 1. The van der Waals surface area contributed by atoms with Crippen molar-refractivity contribution in [2.45, 2.75) is 19.8 Å². The molecule has 18 heavy (non-hydrogen) atoms. The summed E-state index contributed by atoms with van der Waals surface area (Å²) < 4.78 is 6.13. The van der Waals surface area contributed by atoms with Crippen LogP contribution in [0.3, 0.4) is 0 Å².